The summed E-state index contributed by atoms with van der Waals surface area (Å²) in [5, 5.41) is 27.2. The van der Waals surface area contributed by atoms with Crippen molar-refractivity contribution >= 4 is 11.9 Å². The van der Waals surface area contributed by atoms with Crippen molar-refractivity contribution in [3.05, 3.63) is 0 Å². The summed E-state index contributed by atoms with van der Waals surface area (Å²) >= 11 is 0. The molecule has 0 aromatic rings. The van der Waals surface area contributed by atoms with Crippen LogP contribution in [0.25, 0.3) is 0 Å². The van der Waals surface area contributed by atoms with Crippen LogP contribution in [0.5, 0.6) is 0 Å². The fraction of sp³-hybridized carbons (Fsp3) is 0.857. The molecule has 2 aliphatic heterocycles. The molecule has 0 amide bonds. The number of carboxylic acids is 2. The monoisotopic (exact) mass is 316 g/mol. The first-order chi connectivity index (χ1) is 10.6. The fourth-order valence-corrected chi connectivity index (χ4v) is 2.51. The van der Waals surface area contributed by atoms with E-state index in [1.54, 1.807) is 0 Å². The minimum atomic E-state index is -0.871. The van der Waals surface area contributed by atoms with Crippen molar-refractivity contribution in [2.75, 3.05) is 52.4 Å². The predicted molar refractivity (Wildman–Crippen MR) is 83.1 cm³/mol. The molecule has 0 aromatic heterocycles. The highest BCUT2D eigenvalue weighted by atomic mass is 16.4. The number of carboxylic acid groups (broad SMARTS) is 2. The second-order valence-corrected chi connectivity index (χ2v) is 5.43. The second kappa shape index (κ2) is 11.4. The first-order valence-electron chi connectivity index (χ1n) is 7.92. The summed E-state index contributed by atoms with van der Waals surface area (Å²) in [5.74, 6) is -1.73. The largest absolute Gasteiger partial charge is 0.481 e. The quantitative estimate of drug-likeness (QED) is 0.414. The van der Waals surface area contributed by atoms with E-state index in [1.165, 1.54) is 0 Å². The van der Waals surface area contributed by atoms with Crippen LogP contribution in [0.15, 0.2) is 0 Å². The van der Waals surface area contributed by atoms with Gasteiger partial charge in [0.1, 0.15) is 6.04 Å². The molecule has 0 aliphatic carbocycles. The van der Waals surface area contributed by atoms with E-state index < -0.39 is 18.0 Å². The smallest absolute Gasteiger partial charge is 0.320 e. The molecule has 0 bridgehead atoms. The van der Waals surface area contributed by atoms with Crippen molar-refractivity contribution in [3.8, 4) is 0 Å². The Morgan fingerprint density at radius 2 is 1.41 bits per heavy atom. The zero-order chi connectivity index (χ0) is 16.2. The van der Waals surface area contributed by atoms with Crippen molar-refractivity contribution in [3.63, 3.8) is 0 Å². The van der Waals surface area contributed by atoms with Gasteiger partial charge < -0.3 is 26.2 Å². The Balaban J connectivity index is 0.000000335. The highest BCUT2D eigenvalue weighted by Gasteiger charge is 2.26. The zero-order valence-electron chi connectivity index (χ0n) is 13.0. The van der Waals surface area contributed by atoms with Crippen LogP contribution in [0.4, 0.5) is 0 Å². The zero-order valence-corrected chi connectivity index (χ0v) is 13.0. The van der Waals surface area contributed by atoms with Crippen molar-refractivity contribution in [1.82, 2.24) is 20.9 Å². The van der Waals surface area contributed by atoms with Gasteiger partial charge in [-0.05, 0) is 12.8 Å². The number of hydrogen-bond acceptors (Lipinski definition) is 6. The molecule has 8 nitrogen and oxygen atoms in total. The van der Waals surface area contributed by atoms with Gasteiger partial charge in [-0.25, -0.2) is 0 Å². The summed E-state index contributed by atoms with van der Waals surface area (Å²) in [6.45, 7) is 7.57. The van der Waals surface area contributed by atoms with Gasteiger partial charge in [0.15, 0.2) is 0 Å². The number of piperazine rings is 2. The molecule has 1 atom stereocenters. The Bertz CT molecular complexity index is 319. The van der Waals surface area contributed by atoms with Crippen LogP contribution in [0, 0.1) is 0 Å². The van der Waals surface area contributed by atoms with Gasteiger partial charge in [0, 0.05) is 58.8 Å². The van der Waals surface area contributed by atoms with E-state index in [1.807, 2.05) is 4.90 Å². The van der Waals surface area contributed by atoms with Crippen LogP contribution in [-0.4, -0.2) is 85.5 Å². The molecule has 128 valence electrons. The maximum atomic E-state index is 11.1. The van der Waals surface area contributed by atoms with Crippen LogP contribution in [-0.2, 0) is 9.59 Å². The van der Waals surface area contributed by atoms with Gasteiger partial charge in [-0.3, -0.25) is 14.5 Å². The first kappa shape index (κ1) is 18.8. The van der Waals surface area contributed by atoms with Crippen molar-refractivity contribution in [2.45, 2.75) is 25.3 Å². The lowest BCUT2D eigenvalue weighted by Gasteiger charge is -2.32. The number of carbonyl (C=O) groups is 2. The highest BCUT2D eigenvalue weighted by molar-refractivity contribution is 5.73. The summed E-state index contributed by atoms with van der Waals surface area (Å²) in [6, 6.07) is -0.540. The van der Waals surface area contributed by atoms with Crippen molar-refractivity contribution in [2.24, 2.45) is 0 Å². The van der Waals surface area contributed by atoms with E-state index in [9.17, 15) is 9.59 Å². The minimum absolute atomic E-state index is 0.0376. The normalized spacial score (nSPS) is 20.5. The molecule has 0 radical (unpaired) electrons. The molecular formula is C14H28N4O4. The standard InChI is InChI=1S/C10H18N2O4.C4H10N2/c13-9(14)3-1-2-8(10(15)16)12-6-4-11-5-7-12;1-2-6-4-3-5-1/h8,11H,1-7H2,(H,13,14)(H,15,16);5-6H,1-4H2. The molecule has 0 spiro atoms. The molecule has 2 saturated heterocycles. The summed E-state index contributed by atoms with van der Waals surface area (Å²) in [6.07, 6.45) is 0.855. The van der Waals surface area contributed by atoms with Crippen LogP contribution in [0.1, 0.15) is 19.3 Å². The van der Waals surface area contributed by atoms with Gasteiger partial charge in [-0.15, -0.1) is 0 Å². The summed E-state index contributed by atoms with van der Waals surface area (Å²) < 4.78 is 0. The van der Waals surface area contributed by atoms with E-state index >= 15 is 0 Å². The van der Waals surface area contributed by atoms with Crippen molar-refractivity contribution in [1.29, 1.82) is 0 Å². The molecule has 5 N–H and O–H groups in total. The van der Waals surface area contributed by atoms with E-state index in [2.05, 4.69) is 16.0 Å². The van der Waals surface area contributed by atoms with Gasteiger partial charge in [0.05, 0.1) is 0 Å². The average molecular weight is 316 g/mol. The number of aliphatic carboxylic acids is 2. The van der Waals surface area contributed by atoms with Gasteiger partial charge in [-0.2, -0.15) is 0 Å². The van der Waals surface area contributed by atoms with Gasteiger partial charge in [0.25, 0.3) is 0 Å². The van der Waals surface area contributed by atoms with Crippen LogP contribution in [0.3, 0.4) is 0 Å². The number of rotatable bonds is 6. The van der Waals surface area contributed by atoms with Gasteiger partial charge >= 0.3 is 11.9 Å². The lowest BCUT2D eigenvalue weighted by Crippen LogP contribution is -2.51. The van der Waals surface area contributed by atoms with E-state index in [0.717, 1.165) is 39.3 Å². The minimum Gasteiger partial charge on any atom is -0.481 e. The first-order valence-corrected chi connectivity index (χ1v) is 7.92. The Hall–Kier alpha value is -1.22. The molecule has 2 aliphatic rings. The Morgan fingerprint density at radius 1 is 0.909 bits per heavy atom. The summed E-state index contributed by atoms with van der Waals surface area (Å²) in [7, 11) is 0. The maximum absolute atomic E-state index is 11.1. The molecule has 2 heterocycles. The fourth-order valence-electron chi connectivity index (χ4n) is 2.51. The molecule has 2 fully saturated rings. The molecular weight excluding hydrogens is 288 g/mol. The molecule has 22 heavy (non-hydrogen) atoms. The third-order valence-corrected chi connectivity index (χ3v) is 3.70. The van der Waals surface area contributed by atoms with Crippen LogP contribution < -0.4 is 16.0 Å². The summed E-state index contributed by atoms with van der Waals surface area (Å²) in [5.41, 5.74) is 0. The summed E-state index contributed by atoms with van der Waals surface area (Å²) in [4.78, 5) is 23.3. The van der Waals surface area contributed by atoms with Crippen molar-refractivity contribution < 1.29 is 19.8 Å². The van der Waals surface area contributed by atoms with E-state index in [4.69, 9.17) is 10.2 Å². The van der Waals surface area contributed by atoms with Crippen LogP contribution in [0.2, 0.25) is 0 Å². The second-order valence-electron chi connectivity index (χ2n) is 5.43. The number of hydrogen-bond donors (Lipinski definition) is 5. The third-order valence-electron chi connectivity index (χ3n) is 3.70. The SMILES string of the molecule is C1CNCCN1.O=C(O)CCCC(C(=O)O)N1CCNCC1. The lowest BCUT2D eigenvalue weighted by atomic mass is 10.1. The Morgan fingerprint density at radius 3 is 1.82 bits per heavy atom. The topological polar surface area (TPSA) is 114 Å². The van der Waals surface area contributed by atoms with E-state index in [0.29, 0.717) is 25.9 Å². The predicted octanol–water partition coefficient (Wildman–Crippen LogP) is -1.22. The van der Waals surface area contributed by atoms with E-state index in [-0.39, 0.29) is 6.42 Å². The molecule has 8 heteroatoms. The average Bonchev–Trinajstić information content (AvgIpc) is 2.54. The Labute approximate surface area is 131 Å². The lowest BCUT2D eigenvalue weighted by molar-refractivity contribution is -0.144. The molecule has 2 rings (SSSR count). The molecule has 0 aromatic carbocycles. The maximum Gasteiger partial charge on any atom is 0.320 e. The number of nitrogens with zero attached hydrogens (tertiary/aromatic N) is 1. The van der Waals surface area contributed by atoms with Gasteiger partial charge in [0.2, 0.25) is 0 Å². The molecule has 1 unspecified atom stereocenters. The number of nitrogens with one attached hydrogen (secondary N) is 3. The van der Waals surface area contributed by atoms with Gasteiger partial charge in [-0.1, -0.05) is 0 Å². The third kappa shape index (κ3) is 8.28. The Kier molecular flexibility index (Phi) is 9.72. The highest BCUT2D eigenvalue weighted by Crippen LogP contribution is 2.10. The van der Waals surface area contributed by atoms with Crippen LogP contribution >= 0.6 is 0 Å². The molecule has 0 saturated carbocycles.